The van der Waals surface area contributed by atoms with Crippen LogP contribution in [-0.4, -0.2) is 101 Å². The number of carbonyl (C=O) groups excluding carboxylic acids is 3. The Labute approximate surface area is 216 Å². The van der Waals surface area contributed by atoms with Crippen LogP contribution in [0.1, 0.15) is 34.3 Å². The lowest BCUT2D eigenvalue weighted by molar-refractivity contribution is -0.521. The summed E-state index contributed by atoms with van der Waals surface area (Å²) in [5.74, 6) is -4.69. The van der Waals surface area contributed by atoms with E-state index in [0.717, 1.165) is 4.90 Å². The number of carbonyl (C=O) groups is 3. The third kappa shape index (κ3) is 3.33. The molecule has 0 saturated carbocycles. The van der Waals surface area contributed by atoms with Crippen molar-refractivity contribution >= 4 is 39.5 Å². The summed E-state index contributed by atoms with van der Waals surface area (Å²) in [7, 11) is -3.39. The molecule has 15 nitrogen and oxygen atoms in total. The summed E-state index contributed by atoms with van der Waals surface area (Å²) >= 11 is 0. The molecule has 5 aliphatic rings. The Balaban J connectivity index is 1.32. The minimum absolute atomic E-state index is 0.0143. The van der Waals surface area contributed by atoms with Crippen molar-refractivity contribution in [3.8, 4) is 0 Å². The number of nitrogens with zero attached hydrogens (tertiary/aromatic N) is 3. The first-order valence-corrected chi connectivity index (χ1v) is 13.8. The molecule has 0 aromatic heterocycles. The second-order valence-electron chi connectivity index (χ2n) is 10.2. The van der Waals surface area contributed by atoms with Crippen molar-refractivity contribution < 1.29 is 38.0 Å². The Morgan fingerprint density at radius 2 is 1.92 bits per heavy atom. The smallest absolute Gasteiger partial charge is 0.343 e. The molecule has 202 valence electrons. The van der Waals surface area contributed by atoms with Crippen LogP contribution in [0.15, 0.2) is 23.2 Å². The second kappa shape index (κ2) is 7.87. The van der Waals surface area contributed by atoms with Gasteiger partial charge in [-0.1, -0.05) is 12.1 Å². The highest BCUT2D eigenvalue weighted by Gasteiger charge is 2.76. The van der Waals surface area contributed by atoms with Gasteiger partial charge in [0.2, 0.25) is 17.6 Å². The van der Waals surface area contributed by atoms with Gasteiger partial charge in [-0.3, -0.25) is 34.9 Å². The maximum Gasteiger partial charge on any atom is 0.343 e. The monoisotopic (exact) mass is 547 g/mol. The zero-order valence-electron chi connectivity index (χ0n) is 20.0. The Kier molecular flexibility index (Phi) is 5.09. The van der Waals surface area contributed by atoms with Crippen LogP contribution in [0, 0.1) is 0 Å². The summed E-state index contributed by atoms with van der Waals surface area (Å²) in [5.41, 5.74) is 11.5. The number of hydrogen-bond donors (Lipinski definition) is 7. The molecule has 0 aliphatic carbocycles. The number of aliphatic imine (C=N–C) groups is 1. The van der Waals surface area contributed by atoms with Crippen molar-refractivity contribution in [2.75, 3.05) is 13.1 Å². The van der Waals surface area contributed by atoms with Gasteiger partial charge in [-0.2, -0.15) is 0 Å². The molecule has 0 radical (unpaired) electrons. The third-order valence-electron chi connectivity index (χ3n) is 7.97. The largest absolute Gasteiger partial charge is 0.370 e. The molecule has 9 N–H and O–H groups in total. The van der Waals surface area contributed by atoms with E-state index in [1.807, 2.05) is 0 Å². The molecule has 2 fully saturated rings. The van der Waals surface area contributed by atoms with E-state index in [1.165, 1.54) is 11.0 Å². The van der Waals surface area contributed by atoms with Gasteiger partial charge in [0.1, 0.15) is 12.1 Å². The molecule has 1 aromatic rings. The van der Waals surface area contributed by atoms with Crippen LogP contribution in [0.25, 0.3) is 0 Å². The fourth-order valence-electron chi connectivity index (χ4n) is 6.23. The number of likely N-dealkylation sites (tertiary alicyclic amines) is 1. The minimum Gasteiger partial charge on any atom is -0.370 e. The van der Waals surface area contributed by atoms with Crippen LogP contribution in [0.2, 0.25) is 0 Å². The SMILES string of the molecule is NC1=N[C@@H](CN2C(=O)CCC2=O)[C@@H]2[NH+]=C(N)N[C@]23N1CC(NC(=O)c1cccc2c1CS(=O)(=O)C2)C3(O)O. The fraction of sp³-hybridized carbons (Fsp3) is 0.500. The van der Waals surface area contributed by atoms with E-state index in [2.05, 4.69) is 20.6 Å². The Morgan fingerprint density at radius 3 is 2.63 bits per heavy atom. The summed E-state index contributed by atoms with van der Waals surface area (Å²) in [6.45, 7) is -0.341. The van der Waals surface area contributed by atoms with Gasteiger partial charge in [-0.15, -0.1) is 0 Å². The molecule has 2 saturated heterocycles. The quantitative estimate of drug-likeness (QED) is 0.138. The standard InChI is InChI=1S/C22H26N8O7S/c23-19-27-17-13(6-29-15(31)4-5-16(29)32)25-20(24)30-7-14(22(34,35)21(17,30)28-19)26-18(33)11-3-1-2-10-8-38(36,37)9-12(10)11/h1-3,13-14,17,34-35H,4-9H2,(H2,24,25)(H,26,33)(H3,23,27,28)/p+1/t13-,14?,17-,21-/m0/s1. The fourth-order valence-corrected chi connectivity index (χ4v) is 7.86. The molecule has 1 spiro atoms. The number of aliphatic hydroxyl groups is 2. The highest BCUT2D eigenvalue weighted by atomic mass is 32.2. The normalized spacial score (nSPS) is 32.3. The third-order valence-corrected chi connectivity index (χ3v) is 9.45. The average molecular weight is 548 g/mol. The molecule has 3 amide bonds. The van der Waals surface area contributed by atoms with E-state index in [9.17, 15) is 33.0 Å². The summed E-state index contributed by atoms with van der Waals surface area (Å²) in [6, 6.07) is 1.51. The average Bonchev–Trinajstić information content (AvgIpc) is 3.52. The predicted octanol–water partition coefficient (Wildman–Crippen LogP) is -5.88. The van der Waals surface area contributed by atoms with Gasteiger partial charge < -0.3 is 21.3 Å². The number of nitrogens with two attached hydrogens (primary N) is 2. The number of nitrogens with one attached hydrogen (secondary N) is 3. The number of rotatable bonds is 4. The van der Waals surface area contributed by atoms with Crippen molar-refractivity contribution in [2.45, 2.75) is 53.9 Å². The first-order valence-electron chi connectivity index (χ1n) is 12.0. The first kappa shape index (κ1) is 24.6. The van der Waals surface area contributed by atoms with Gasteiger partial charge in [0.25, 0.3) is 11.6 Å². The topological polar surface area (TPSA) is 235 Å². The Morgan fingerprint density at radius 1 is 1.21 bits per heavy atom. The number of benzene rings is 1. The van der Waals surface area contributed by atoms with E-state index in [-0.39, 0.29) is 66.7 Å². The highest BCUT2D eigenvalue weighted by molar-refractivity contribution is 7.90. The molecule has 5 heterocycles. The van der Waals surface area contributed by atoms with Gasteiger partial charge in [0.15, 0.2) is 21.8 Å². The molecule has 38 heavy (non-hydrogen) atoms. The summed E-state index contributed by atoms with van der Waals surface area (Å²) in [4.78, 5) is 47.6. The zero-order valence-corrected chi connectivity index (χ0v) is 20.9. The summed E-state index contributed by atoms with van der Waals surface area (Å²) < 4.78 is 24.3. The van der Waals surface area contributed by atoms with Crippen LogP contribution in [0.5, 0.6) is 0 Å². The van der Waals surface area contributed by atoms with Gasteiger partial charge in [0, 0.05) is 18.4 Å². The van der Waals surface area contributed by atoms with Crippen molar-refractivity contribution in [1.29, 1.82) is 0 Å². The molecule has 5 aliphatic heterocycles. The highest BCUT2D eigenvalue weighted by Crippen LogP contribution is 2.41. The van der Waals surface area contributed by atoms with Crippen LogP contribution in [0.4, 0.5) is 0 Å². The summed E-state index contributed by atoms with van der Waals surface area (Å²) in [5, 5.41) is 28.6. The second-order valence-corrected chi connectivity index (χ2v) is 12.3. The molecule has 16 heteroatoms. The van der Waals surface area contributed by atoms with Crippen LogP contribution < -0.4 is 27.1 Å². The molecule has 0 bridgehead atoms. The van der Waals surface area contributed by atoms with Crippen molar-refractivity contribution in [3.05, 3.63) is 34.9 Å². The lowest BCUT2D eigenvalue weighted by Gasteiger charge is -2.46. The Hall–Kier alpha value is -3.76. The molecule has 6 rings (SSSR count). The predicted molar refractivity (Wildman–Crippen MR) is 129 cm³/mol. The number of sulfone groups is 1. The van der Waals surface area contributed by atoms with Crippen LogP contribution in [0.3, 0.4) is 0 Å². The molecular weight excluding hydrogens is 520 g/mol. The van der Waals surface area contributed by atoms with Gasteiger partial charge in [0.05, 0.1) is 24.6 Å². The van der Waals surface area contributed by atoms with Gasteiger partial charge >= 0.3 is 5.96 Å². The van der Waals surface area contributed by atoms with Crippen LogP contribution >= 0.6 is 0 Å². The van der Waals surface area contributed by atoms with Gasteiger partial charge in [-0.25, -0.2) is 18.7 Å². The number of guanidine groups is 2. The van der Waals surface area contributed by atoms with Crippen molar-refractivity contribution in [2.24, 2.45) is 16.5 Å². The first-order chi connectivity index (χ1) is 17.8. The minimum atomic E-state index is -3.39. The number of fused-ring (bicyclic) bond motifs is 1. The van der Waals surface area contributed by atoms with Crippen molar-refractivity contribution in [3.63, 3.8) is 0 Å². The number of imide groups is 1. The maximum atomic E-state index is 13.3. The molecule has 1 unspecified atom stereocenters. The van der Waals surface area contributed by atoms with Crippen LogP contribution in [-0.2, 0) is 30.9 Å². The van der Waals surface area contributed by atoms with E-state index in [4.69, 9.17) is 11.5 Å². The number of hydrogen-bond acceptors (Lipinski definition) is 12. The lowest BCUT2D eigenvalue weighted by atomic mass is 9.84. The van der Waals surface area contributed by atoms with Crippen molar-refractivity contribution in [1.82, 2.24) is 20.4 Å². The summed E-state index contributed by atoms with van der Waals surface area (Å²) in [6.07, 6.45) is 0.157. The molecule has 1 aromatic carbocycles. The van der Waals surface area contributed by atoms with Gasteiger partial charge in [-0.05, 0) is 17.2 Å². The van der Waals surface area contributed by atoms with E-state index in [1.54, 1.807) is 12.1 Å². The van der Waals surface area contributed by atoms with E-state index >= 15 is 0 Å². The Bertz CT molecular complexity index is 1440. The zero-order chi connectivity index (χ0) is 27.2. The lowest BCUT2D eigenvalue weighted by Crippen LogP contribution is -2.90. The molecular formula is C22H27N8O7S+. The van der Waals surface area contributed by atoms with E-state index in [0.29, 0.717) is 11.1 Å². The van der Waals surface area contributed by atoms with E-state index < -0.39 is 45.3 Å². The maximum absolute atomic E-state index is 13.3. The molecule has 4 atom stereocenters. The number of amides is 3.